The molecule has 0 heterocycles. The van der Waals surface area contributed by atoms with Crippen LogP contribution in [-0.4, -0.2) is 0 Å². The molecule has 2 aromatic rings. The van der Waals surface area contributed by atoms with Crippen LogP contribution >= 0.6 is 0 Å². The van der Waals surface area contributed by atoms with Crippen molar-refractivity contribution in [1.29, 1.82) is 10.5 Å². The standard InChI is InChI=1S/C17H11FN2/c1-12-7-16(18)5-6-17(12)15-4-2-3-13(9-15)8-14(10-19)11-20/h2-9H,1H3. The van der Waals surface area contributed by atoms with Gasteiger partial charge in [0, 0.05) is 0 Å². The molecule has 3 heteroatoms. The Hall–Kier alpha value is -2.91. The molecule has 0 fully saturated rings. The van der Waals surface area contributed by atoms with Crippen molar-refractivity contribution in [2.45, 2.75) is 6.92 Å². The number of nitriles is 2. The van der Waals surface area contributed by atoms with Gasteiger partial charge in [0.1, 0.15) is 23.5 Å². The summed E-state index contributed by atoms with van der Waals surface area (Å²) < 4.78 is 13.1. The monoisotopic (exact) mass is 262 g/mol. The predicted octanol–water partition coefficient (Wildman–Crippen LogP) is 4.23. The van der Waals surface area contributed by atoms with E-state index >= 15 is 0 Å². The number of benzene rings is 2. The molecule has 0 aromatic heterocycles. The van der Waals surface area contributed by atoms with Crippen LogP contribution in [0.25, 0.3) is 17.2 Å². The predicted molar refractivity (Wildman–Crippen MR) is 75.8 cm³/mol. The maximum Gasteiger partial charge on any atom is 0.130 e. The van der Waals surface area contributed by atoms with E-state index in [1.165, 1.54) is 18.2 Å². The maximum atomic E-state index is 13.1. The van der Waals surface area contributed by atoms with E-state index in [1.807, 2.05) is 43.3 Å². The lowest BCUT2D eigenvalue weighted by molar-refractivity contribution is 0.627. The van der Waals surface area contributed by atoms with Gasteiger partial charge in [-0.3, -0.25) is 0 Å². The largest absolute Gasteiger partial charge is 0.207 e. The molecule has 0 atom stereocenters. The molecule has 0 aliphatic carbocycles. The molecule has 0 spiro atoms. The molecule has 0 unspecified atom stereocenters. The molecule has 0 aliphatic heterocycles. The lowest BCUT2D eigenvalue weighted by Crippen LogP contribution is -1.86. The number of hydrogen-bond donors (Lipinski definition) is 0. The number of rotatable bonds is 2. The third kappa shape index (κ3) is 2.91. The number of aryl methyl sites for hydroxylation is 1. The highest BCUT2D eigenvalue weighted by Gasteiger charge is 2.04. The van der Waals surface area contributed by atoms with E-state index < -0.39 is 0 Å². The molecule has 0 amide bonds. The summed E-state index contributed by atoms with van der Waals surface area (Å²) in [6.07, 6.45) is 1.53. The minimum Gasteiger partial charge on any atom is -0.207 e. The number of nitrogens with zero attached hydrogens (tertiary/aromatic N) is 2. The summed E-state index contributed by atoms with van der Waals surface area (Å²) in [5, 5.41) is 17.5. The van der Waals surface area contributed by atoms with Gasteiger partial charge in [0.2, 0.25) is 0 Å². The molecule has 0 N–H and O–H groups in total. The lowest BCUT2D eigenvalue weighted by Gasteiger charge is -2.07. The Labute approximate surface area is 117 Å². The van der Waals surface area contributed by atoms with Crippen molar-refractivity contribution in [3.8, 4) is 23.3 Å². The van der Waals surface area contributed by atoms with E-state index in [0.717, 1.165) is 22.3 Å². The van der Waals surface area contributed by atoms with Crippen molar-refractivity contribution in [2.24, 2.45) is 0 Å². The van der Waals surface area contributed by atoms with Crippen molar-refractivity contribution in [1.82, 2.24) is 0 Å². The van der Waals surface area contributed by atoms with Crippen LogP contribution in [0.2, 0.25) is 0 Å². The van der Waals surface area contributed by atoms with Gasteiger partial charge >= 0.3 is 0 Å². The van der Waals surface area contributed by atoms with Gasteiger partial charge in [-0.1, -0.05) is 24.3 Å². The third-order valence-corrected chi connectivity index (χ3v) is 2.94. The van der Waals surface area contributed by atoms with Gasteiger partial charge in [-0.15, -0.1) is 0 Å². The summed E-state index contributed by atoms with van der Waals surface area (Å²) in [6.45, 7) is 1.84. The average Bonchev–Trinajstić information content (AvgIpc) is 2.45. The molecule has 2 rings (SSSR count). The van der Waals surface area contributed by atoms with Crippen LogP contribution in [0.5, 0.6) is 0 Å². The summed E-state index contributed by atoms with van der Waals surface area (Å²) >= 11 is 0. The Balaban J connectivity index is 2.48. The maximum absolute atomic E-state index is 13.1. The fraction of sp³-hybridized carbons (Fsp3) is 0.0588. The highest BCUT2D eigenvalue weighted by atomic mass is 19.1. The minimum atomic E-state index is -0.265. The second-order valence-corrected chi connectivity index (χ2v) is 4.37. The number of halogens is 1. The van der Waals surface area contributed by atoms with E-state index in [-0.39, 0.29) is 11.4 Å². The Morgan fingerprint density at radius 1 is 1.10 bits per heavy atom. The van der Waals surface area contributed by atoms with Crippen LogP contribution in [-0.2, 0) is 0 Å². The van der Waals surface area contributed by atoms with Crippen LogP contribution in [0.15, 0.2) is 48.0 Å². The number of hydrogen-bond acceptors (Lipinski definition) is 2. The quantitative estimate of drug-likeness (QED) is 0.760. The highest BCUT2D eigenvalue weighted by Crippen LogP contribution is 2.25. The summed E-state index contributed by atoms with van der Waals surface area (Å²) in [4.78, 5) is 0. The van der Waals surface area contributed by atoms with Crippen LogP contribution in [0.1, 0.15) is 11.1 Å². The first-order valence-corrected chi connectivity index (χ1v) is 6.02. The first kappa shape index (κ1) is 13.5. The van der Waals surface area contributed by atoms with E-state index in [0.29, 0.717) is 0 Å². The van der Waals surface area contributed by atoms with Gasteiger partial charge in [0.05, 0.1) is 0 Å². The Morgan fingerprint density at radius 3 is 2.50 bits per heavy atom. The van der Waals surface area contributed by atoms with Gasteiger partial charge in [-0.2, -0.15) is 10.5 Å². The lowest BCUT2D eigenvalue weighted by atomic mass is 9.98. The van der Waals surface area contributed by atoms with E-state index in [2.05, 4.69) is 0 Å². The summed E-state index contributed by atoms with van der Waals surface area (Å²) in [5.41, 5.74) is 3.51. The molecular formula is C17H11FN2. The first-order valence-electron chi connectivity index (χ1n) is 6.02. The van der Waals surface area contributed by atoms with Gasteiger partial charge in [-0.25, -0.2) is 4.39 Å². The third-order valence-electron chi connectivity index (χ3n) is 2.94. The number of allylic oxidation sites excluding steroid dienone is 1. The molecular weight excluding hydrogens is 251 g/mol. The van der Waals surface area contributed by atoms with Crippen LogP contribution in [0.3, 0.4) is 0 Å². The summed E-state index contributed by atoms with van der Waals surface area (Å²) in [5.74, 6) is -0.265. The summed E-state index contributed by atoms with van der Waals surface area (Å²) in [7, 11) is 0. The minimum absolute atomic E-state index is 0.0537. The van der Waals surface area contributed by atoms with E-state index in [4.69, 9.17) is 10.5 Å². The molecule has 0 radical (unpaired) electrons. The average molecular weight is 262 g/mol. The van der Waals surface area contributed by atoms with Gasteiger partial charge < -0.3 is 0 Å². The highest BCUT2D eigenvalue weighted by molar-refractivity contribution is 5.72. The molecule has 0 bridgehead atoms. The van der Waals surface area contributed by atoms with Crippen LogP contribution < -0.4 is 0 Å². The molecule has 0 aliphatic rings. The second kappa shape index (κ2) is 5.82. The molecule has 2 aromatic carbocycles. The Morgan fingerprint density at radius 2 is 1.85 bits per heavy atom. The van der Waals surface area contributed by atoms with Gasteiger partial charge in [-0.05, 0) is 53.5 Å². The van der Waals surface area contributed by atoms with Crippen molar-refractivity contribution in [3.63, 3.8) is 0 Å². The molecule has 2 nitrogen and oxygen atoms in total. The van der Waals surface area contributed by atoms with E-state index in [1.54, 1.807) is 6.07 Å². The van der Waals surface area contributed by atoms with Crippen molar-refractivity contribution < 1.29 is 4.39 Å². The molecule has 96 valence electrons. The van der Waals surface area contributed by atoms with Crippen molar-refractivity contribution in [3.05, 3.63) is 65.0 Å². The topological polar surface area (TPSA) is 47.6 Å². The van der Waals surface area contributed by atoms with Crippen LogP contribution in [0.4, 0.5) is 4.39 Å². The molecule has 20 heavy (non-hydrogen) atoms. The van der Waals surface area contributed by atoms with Crippen molar-refractivity contribution in [2.75, 3.05) is 0 Å². The first-order chi connectivity index (χ1) is 9.63. The smallest absolute Gasteiger partial charge is 0.130 e. The zero-order valence-corrected chi connectivity index (χ0v) is 10.9. The second-order valence-electron chi connectivity index (χ2n) is 4.37. The van der Waals surface area contributed by atoms with Crippen molar-refractivity contribution >= 4 is 6.08 Å². The Kier molecular flexibility index (Phi) is 3.93. The molecule has 0 saturated heterocycles. The fourth-order valence-corrected chi connectivity index (χ4v) is 2.00. The van der Waals surface area contributed by atoms with Gasteiger partial charge in [0.25, 0.3) is 0 Å². The SMILES string of the molecule is Cc1cc(F)ccc1-c1cccc(C=C(C#N)C#N)c1. The summed E-state index contributed by atoms with van der Waals surface area (Å²) in [6, 6.07) is 15.7. The zero-order chi connectivity index (χ0) is 14.5. The van der Waals surface area contributed by atoms with E-state index in [9.17, 15) is 4.39 Å². The normalized spacial score (nSPS) is 9.40. The Bertz CT molecular complexity index is 745. The molecule has 0 saturated carbocycles. The van der Waals surface area contributed by atoms with Crippen LogP contribution in [0, 0.1) is 35.4 Å². The van der Waals surface area contributed by atoms with Gasteiger partial charge in [0.15, 0.2) is 0 Å². The zero-order valence-electron chi connectivity index (χ0n) is 10.9. The fourth-order valence-electron chi connectivity index (χ4n) is 2.00.